The Hall–Kier alpha value is -2.01. The smallest absolute Gasteiger partial charge is 0.243 e. The van der Waals surface area contributed by atoms with E-state index in [-0.39, 0.29) is 0 Å². The Bertz CT molecular complexity index is 626. The maximum absolute atomic E-state index is 5.90. The van der Waals surface area contributed by atoms with Gasteiger partial charge in [-0.15, -0.1) is 5.10 Å². The molecule has 0 aromatic carbocycles. The van der Waals surface area contributed by atoms with Crippen molar-refractivity contribution in [3.8, 4) is 11.6 Å². The molecule has 5 nitrogen and oxygen atoms in total. The van der Waals surface area contributed by atoms with Gasteiger partial charge in [-0.05, 0) is 44.9 Å². The second kappa shape index (κ2) is 5.96. The number of aromatic nitrogens is 3. The van der Waals surface area contributed by atoms with E-state index in [1.54, 1.807) is 0 Å². The molecule has 0 amide bonds. The topological polar surface area (TPSA) is 73.9 Å². The highest BCUT2D eigenvalue weighted by Gasteiger charge is 2.14. The molecule has 0 bridgehead atoms. The van der Waals surface area contributed by atoms with Gasteiger partial charge in [0.05, 0.1) is 11.4 Å². The van der Waals surface area contributed by atoms with Gasteiger partial charge in [0.15, 0.2) is 5.75 Å². The van der Waals surface area contributed by atoms with E-state index in [9.17, 15) is 0 Å². The Morgan fingerprint density at radius 3 is 2.55 bits per heavy atom. The first-order chi connectivity index (χ1) is 9.56. The summed E-state index contributed by atoms with van der Waals surface area (Å²) in [4.78, 5) is 4.48. The zero-order valence-corrected chi connectivity index (χ0v) is 12.4. The van der Waals surface area contributed by atoms with E-state index in [0.717, 1.165) is 34.6 Å². The summed E-state index contributed by atoms with van der Waals surface area (Å²) in [6.07, 6.45) is 0.799. The van der Waals surface area contributed by atoms with Crippen molar-refractivity contribution >= 4 is 0 Å². The summed E-state index contributed by atoms with van der Waals surface area (Å²) in [6, 6.07) is 3.84. The highest BCUT2D eigenvalue weighted by molar-refractivity contribution is 5.39. The molecule has 2 rings (SSSR count). The van der Waals surface area contributed by atoms with Crippen molar-refractivity contribution in [1.82, 2.24) is 15.2 Å². The molecule has 2 heterocycles. The molecule has 0 saturated heterocycles. The van der Waals surface area contributed by atoms with E-state index in [1.165, 1.54) is 0 Å². The summed E-state index contributed by atoms with van der Waals surface area (Å²) >= 11 is 0. The van der Waals surface area contributed by atoms with Gasteiger partial charge < -0.3 is 10.5 Å². The van der Waals surface area contributed by atoms with Crippen LogP contribution in [0.5, 0.6) is 11.6 Å². The number of nitrogens with two attached hydrogens (primary N) is 1. The summed E-state index contributed by atoms with van der Waals surface area (Å²) in [5.74, 6) is 1.18. The van der Waals surface area contributed by atoms with Crippen molar-refractivity contribution < 1.29 is 4.74 Å². The van der Waals surface area contributed by atoms with E-state index in [1.807, 2.05) is 39.8 Å². The third-order valence-corrected chi connectivity index (χ3v) is 3.36. The lowest BCUT2D eigenvalue weighted by Crippen LogP contribution is -2.08. The van der Waals surface area contributed by atoms with E-state index in [4.69, 9.17) is 10.5 Å². The largest absolute Gasteiger partial charge is 0.435 e. The molecule has 0 aliphatic rings. The number of hydrogen-bond acceptors (Lipinski definition) is 5. The average molecular weight is 272 g/mol. The first kappa shape index (κ1) is 14.4. The van der Waals surface area contributed by atoms with Crippen LogP contribution >= 0.6 is 0 Å². The van der Waals surface area contributed by atoms with Crippen LogP contribution in [0, 0.1) is 20.8 Å². The van der Waals surface area contributed by atoms with Gasteiger partial charge in [-0.2, -0.15) is 5.10 Å². The van der Waals surface area contributed by atoms with Crippen LogP contribution in [0.15, 0.2) is 12.1 Å². The minimum absolute atomic E-state index is 0.373. The van der Waals surface area contributed by atoms with Gasteiger partial charge in [0.25, 0.3) is 0 Å². The van der Waals surface area contributed by atoms with E-state index in [2.05, 4.69) is 15.2 Å². The van der Waals surface area contributed by atoms with Crippen molar-refractivity contribution in [2.24, 2.45) is 5.73 Å². The van der Waals surface area contributed by atoms with Crippen LogP contribution in [0.4, 0.5) is 0 Å². The molecule has 0 atom stereocenters. The van der Waals surface area contributed by atoms with Crippen molar-refractivity contribution in [3.63, 3.8) is 0 Å². The van der Waals surface area contributed by atoms with Crippen LogP contribution in [0.25, 0.3) is 0 Å². The van der Waals surface area contributed by atoms with Crippen molar-refractivity contribution in [2.75, 3.05) is 0 Å². The van der Waals surface area contributed by atoms with Gasteiger partial charge in [-0.3, -0.25) is 4.98 Å². The molecule has 106 valence electrons. The summed E-state index contributed by atoms with van der Waals surface area (Å²) in [5, 5.41) is 8.23. The Kier molecular flexibility index (Phi) is 4.29. The number of rotatable bonds is 4. The van der Waals surface area contributed by atoms with E-state index < -0.39 is 0 Å². The van der Waals surface area contributed by atoms with Gasteiger partial charge >= 0.3 is 0 Å². The second-order valence-corrected chi connectivity index (χ2v) is 4.75. The van der Waals surface area contributed by atoms with Crippen LogP contribution in [-0.4, -0.2) is 15.2 Å². The standard InChI is InChI=1S/C15H20N4O/c1-5-13-14(7-6-9(2)17-13)20-15-12(8-16)10(3)11(4)18-19-15/h6-7H,5,8,16H2,1-4H3. The molecule has 0 fully saturated rings. The zero-order valence-electron chi connectivity index (χ0n) is 12.4. The molecule has 0 spiro atoms. The lowest BCUT2D eigenvalue weighted by atomic mass is 10.1. The first-order valence-corrected chi connectivity index (χ1v) is 6.74. The number of pyridine rings is 1. The lowest BCUT2D eigenvalue weighted by molar-refractivity contribution is 0.438. The number of ether oxygens (including phenoxy) is 1. The van der Waals surface area contributed by atoms with Crippen LogP contribution in [0.3, 0.4) is 0 Å². The van der Waals surface area contributed by atoms with Crippen molar-refractivity contribution in [3.05, 3.63) is 40.3 Å². The fourth-order valence-electron chi connectivity index (χ4n) is 2.01. The van der Waals surface area contributed by atoms with Crippen LogP contribution in [0.1, 0.15) is 35.1 Å². The minimum Gasteiger partial charge on any atom is -0.435 e. The highest BCUT2D eigenvalue weighted by Crippen LogP contribution is 2.27. The van der Waals surface area contributed by atoms with Crippen LogP contribution in [-0.2, 0) is 13.0 Å². The molecule has 0 saturated carbocycles. The fraction of sp³-hybridized carbons (Fsp3) is 0.400. The van der Waals surface area contributed by atoms with Gasteiger partial charge in [-0.25, -0.2) is 0 Å². The maximum atomic E-state index is 5.90. The summed E-state index contributed by atoms with van der Waals surface area (Å²) < 4.78 is 5.90. The first-order valence-electron chi connectivity index (χ1n) is 6.74. The number of aryl methyl sites for hydroxylation is 3. The molecule has 0 aliphatic heterocycles. The molecule has 2 N–H and O–H groups in total. The average Bonchev–Trinajstić information content (AvgIpc) is 2.45. The zero-order chi connectivity index (χ0) is 14.7. The Morgan fingerprint density at radius 1 is 1.15 bits per heavy atom. The second-order valence-electron chi connectivity index (χ2n) is 4.75. The molecular formula is C15H20N4O. The third-order valence-electron chi connectivity index (χ3n) is 3.36. The molecule has 2 aromatic rings. The van der Waals surface area contributed by atoms with Gasteiger partial charge in [-0.1, -0.05) is 6.92 Å². The Morgan fingerprint density at radius 2 is 1.90 bits per heavy atom. The monoisotopic (exact) mass is 272 g/mol. The summed E-state index contributed by atoms with van der Waals surface area (Å²) in [5.41, 5.74) is 10.5. The predicted octanol–water partition coefficient (Wildman–Crippen LogP) is 2.61. The van der Waals surface area contributed by atoms with E-state index in [0.29, 0.717) is 18.2 Å². The van der Waals surface area contributed by atoms with Gasteiger partial charge in [0.2, 0.25) is 5.88 Å². The number of hydrogen-bond donors (Lipinski definition) is 1. The lowest BCUT2D eigenvalue weighted by Gasteiger charge is -2.13. The predicted molar refractivity (Wildman–Crippen MR) is 77.8 cm³/mol. The summed E-state index contributed by atoms with van der Waals surface area (Å²) in [6.45, 7) is 8.27. The molecular weight excluding hydrogens is 252 g/mol. The molecule has 5 heteroatoms. The van der Waals surface area contributed by atoms with Gasteiger partial charge in [0.1, 0.15) is 0 Å². The van der Waals surface area contributed by atoms with Crippen molar-refractivity contribution in [1.29, 1.82) is 0 Å². The van der Waals surface area contributed by atoms with Crippen LogP contribution < -0.4 is 10.5 Å². The molecule has 20 heavy (non-hydrogen) atoms. The normalized spacial score (nSPS) is 10.7. The maximum Gasteiger partial charge on any atom is 0.243 e. The third kappa shape index (κ3) is 2.77. The molecule has 0 unspecified atom stereocenters. The Labute approximate surface area is 119 Å². The van der Waals surface area contributed by atoms with Gasteiger partial charge in [0, 0.05) is 17.8 Å². The van der Waals surface area contributed by atoms with Crippen molar-refractivity contribution in [2.45, 2.75) is 40.7 Å². The number of nitrogens with zero attached hydrogens (tertiary/aromatic N) is 3. The highest BCUT2D eigenvalue weighted by atomic mass is 16.5. The van der Waals surface area contributed by atoms with E-state index >= 15 is 0 Å². The minimum atomic E-state index is 0.373. The quantitative estimate of drug-likeness (QED) is 0.926. The molecule has 0 radical (unpaired) electrons. The molecule has 0 aliphatic carbocycles. The summed E-state index contributed by atoms with van der Waals surface area (Å²) in [7, 11) is 0. The fourth-order valence-corrected chi connectivity index (χ4v) is 2.01. The Balaban J connectivity index is 2.42. The molecule has 2 aromatic heterocycles. The van der Waals surface area contributed by atoms with Crippen LogP contribution in [0.2, 0.25) is 0 Å². The SMILES string of the molecule is CCc1nc(C)ccc1Oc1nnc(C)c(C)c1CN.